The lowest BCUT2D eigenvalue weighted by Crippen LogP contribution is -2.23. The molecule has 0 saturated carbocycles. The zero-order valence-corrected chi connectivity index (χ0v) is 19.6. The topological polar surface area (TPSA) is 117 Å². The van der Waals surface area contributed by atoms with E-state index in [-0.39, 0.29) is 22.0 Å². The summed E-state index contributed by atoms with van der Waals surface area (Å²) in [4.78, 5) is 17.6. The molecule has 0 unspecified atom stereocenters. The number of aryl methyl sites for hydroxylation is 3. The van der Waals surface area contributed by atoms with Gasteiger partial charge in [0.2, 0.25) is 0 Å². The molecule has 0 aliphatic rings. The van der Waals surface area contributed by atoms with E-state index in [9.17, 15) is 22.7 Å². The molecule has 0 aliphatic carbocycles. The van der Waals surface area contributed by atoms with Crippen LogP contribution in [0.1, 0.15) is 40.7 Å². The molecular weight excluding hydrogens is 449 g/mol. The molecule has 0 atom stereocenters. The molecule has 176 valence electrons. The summed E-state index contributed by atoms with van der Waals surface area (Å²) in [6, 6.07) is 6.55. The molecule has 11 heteroatoms. The van der Waals surface area contributed by atoms with Crippen LogP contribution >= 0.6 is 0 Å². The number of hydrogen-bond donors (Lipinski definition) is 2. The number of nitrogens with one attached hydrogen (secondary N) is 1. The van der Waals surface area contributed by atoms with Crippen LogP contribution in [0.2, 0.25) is 0 Å². The van der Waals surface area contributed by atoms with Gasteiger partial charge in [-0.3, -0.25) is 9.40 Å². The molecule has 0 saturated heterocycles. The number of anilines is 2. The molecule has 2 heterocycles. The Balaban J connectivity index is 1.91. The molecule has 2 N–H and O–H groups in total. The van der Waals surface area contributed by atoms with Crippen molar-refractivity contribution >= 4 is 27.5 Å². The summed E-state index contributed by atoms with van der Waals surface area (Å²) in [7, 11) is -2.45. The van der Waals surface area contributed by atoms with E-state index in [4.69, 9.17) is 0 Å². The van der Waals surface area contributed by atoms with Gasteiger partial charge in [-0.25, -0.2) is 22.6 Å². The average molecular weight is 476 g/mol. The molecule has 3 rings (SSSR count). The lowest BCUT2D eigenvalue weighted by molar-refractivity contribution is 0.0697. The van der Waals surface area contributed by atoms with Crippen LogP contribution in [0.15, 0.2) is 41.4 Å². The number of carboxylic acid groups (broad SMARTS) is 1. The van der Waals surface area contributed by atoms with Gasteiger partial charge in [0, 0.05) is 13.6 Å². The largest absolute Gasteiger partial charge is 0.478 e. The number of halogens is 1. The molecule has 0 aliphatic heterocycles. The number of hydrogen-bond acceptors (Lipinski definition) is 6. The van der Waals surface area contributed by atoms with E-state index >= 15 is 0 Å². The molecule has 0 bridgehead atoms. The first-order valence-electron chi connectivity index (χ1n) is 10.3. The second kappa shape index (κ2) is 9.57. The highest BCUT2D eigenvalue weighted by molar-refractivity contribution is 7.92. The first-order valence-corrected chi connectivity index (χ1v) is 11.8. The third-order valence-electron chi connectivity index (χ3n) is 4.97. The Morgan fingerprint density at radius 2 is 1.97 bits per heavy atom. The Morgan fingerprint density at radius 3 is 2.64 bits per heavy atom. The normalized spacial score (nSPS) is 11.4. The summed E-state index contributed by atoms with van der Waals surface area (Å²) < 4.78 is 43.2. The zero-order chi connectivity index (χ0) is 24.3. The summed E-state index contributed by atoms with van der Waals surface area (Å²) in [6.07, 6.45) is 2.13. The average Bonchev–Trinajstić information content (AvgIpc) is 3.08. The Hall–Kier alpha value is -3.47. The van der Waals surface area contributed by atoms with Crippen molar-refractivity contribution in [1.29, 1.82) is 0 Å². The fourth-order valence-electron chi connectivity index (χ4n) is 3.50. The van der Waals surface area contributed by atoms with Gasteiger partial charge >= 0.3 is 5.97 Å². The van der Waals surface area contributed by atoms with Crippen LogP contribution in [0.4, 0.5) is 15.9 Å². The van der Waals surface area contributed by atoms with E-state index < -0.39 is 21.8 Å². The van der Waals surface area contributed by atoms with Gasteiger partial charge in [0.05, 0.1) is 34.7 Å². The van der Waals surface area contributed by atoms with E-state index in [1.807, 2.05) is 24.6 Å². The highest BCUT2D eigenvalue weighted by atomic mass is 32.2. The van der Waals surface area contributed by atoms with E-state index in [0.29, 0.717) is 12.1 Å². The number of aromatic nitrogens is 3. The van der Waals surface area contributed by atoms with Crippen LogP contribution in [0.25, 0.3) is 0 Å². The van der Waals surface area contributed by atoms with Crippen LogP contribution in [0.3, 0.4) is 0 Å². The molecule has 0 fully saturated rings. The Labute approximate surface area is 191 Å². The third kappa shape index (κ3) is 5.48. The van der Waals surface area contributed by atoms with Crippen molar-refractivity contribution in [3.8, 4) is 0 Å². The van der Waals surface area contributed by atoms with Gasteiger partial charge in [-0.2, -0.15) is 5.10 Å². The maximum Gasteiger partial charge on any atom is 0.339 e. The number of nitrogens with zero attached hydrogens (tertiary/aromatic N) is 4. The molecule has 0 spiro atoms. The summed E-state index contributed by atoms with van der Waals surface area (Å²) in [6.45, 7) is 6.56. The number of benzene rings is 1. The molecular formula is C22H26FN5O4S. The maximum atomic E-state index is 13.6. The number of rotatable bonds is 9. The standard InChI is InChI=1S/C22H26FN5O4S/c1-5-8-28-18(9-15(3)25-28)13-27(4)21-19(22(29)30)11-17(12-24-21)26-33(31,32)20-10-16(23)7-6-14(20)2/h6-7,9-12,26H,5,8,13H2,1-4H3,(H,29,30). The van der Waals surface area contributed by atoms with Gasteiger partial charge in [-0.15, -0.1) is 0 Å². The molecule has 0 radical (unpaired) electrons. The van der Waals surface area contributed by atoms with Crippen molar-refractivity contribution in [3.63, 3.8) is 0 Å². The highest BCUT2D eigenvalue weighted by Crippen LogP contribution is 2.25. The summed E-state index contributed by atoms with van der Waals surface area (Å²) in [5.41, 5.74) is 1.90. The second-order valence-electron chi connectivity index (χ2n) is 7.77. The van der Waals surface area contributed by atoms with Gasteiger partial charge in [0.25, 0.3) is 10.0 Å². The number of aromatic carboxylic acids is 1. The molecule has 9 nitrogen and oxygen atoms in total. The predicted molar refractivity (Wildman–Crippen MR) is 123 cm³/mol. The monoisotopic (exact) mass is 475 g/mol. The first-order chi connectivity index (χ1) is 15.5. The third-order valence-corrected chi connectivity index (χ3v) is 6.49. The second-order valence-corrected chi connectivity index (χ2v) is 9.42. The van der Waals surface area contributed by atoms with Crippen LogP contribution in [-0.4, -0.2) is 41.3 Å². The molecule has 2 aromatic heterocycles. The fraction of sp³-hybridized carbons (Fsp3) is 0.318. The van der Waals surface area contributed by atoms with Crippen molar-refractivity contribution in [2.45, 2.75) is 45.2 Å². The van der Waals surface area contributed by atoms with Crippen molar-refractivity contribution in [2.24, 2.45) is 0 Å². The van der Waals surface area contributed by atoms with E-state index in [0.717, 1.165) is 36.5 Å². The minimum atomic E-state index is -4.15. The van der Waals surface area contributed by atoms with Gasteiger partial charge in [-0.05, 0) is 50.1 Å². The number of pyridine rings is 1. The fourth-order valence-corrected chi connectivity index (χ4v) is 4.79. The minimum Gasteiger partial charge on any atom is -0.478 e. The summed E-state index contributed by atoms with van der Waals surface area (Å²) >= 11 is 0. The number of carboxylic acids is 1. The molecule has 33 heavy (non-hydrogen) atoms. The lowest BCUT2D eigenvalue weighted by atomic mass is 10.2. The van der Waals surface area contributed by atoms with E-state index in [1.54, 1.807) is 11.9 Å². The van der Waals surface area contributed by atoms with Gasteiger partial charge < -0.3 is 10.0 Å². The van der Waals surface area contributed by atoms with Crippen molar-refractivity contribution < 1.29 is 22.7 Å². The first kappa shape index (κ1) is 24.2. The van der Waals surface area contributed by atoms with Gasteiger partial charge in [0.1, 0.15) is 17.2 Å². The van der Waals surface area contributed by atoms with Crippen molar-refractivity contribution in [3.05, 3.63) is 64.9 Å². The van der Waals surface area contributed by atoms with Gasteiger partial charge in [0.15, 0.2) is 0 Å². The highest BCUT2D eigenvalue weighted by Gasteiger charge is 2.22. The lowest BCUT2D eigenvalue weighted by Gasteiger charge is -2.21. The minimum absolute atomic E-state index is 0.0416. The van der Waals surface area contributed by atoms with Crippen molar-refractivity contribution in [2.75, 3.05) is 16.7 Å². The number of carbonyl (C=O) groups is 1. The summed E-state index contributed by atoms with van der Waals surface area (Å²) in [5, 5.41) is 14.2. The zero-order valence-electron chi connectivity index (χ0n) is 18.8. The van der Waals surface area contributed by atoms with E-state index in [2.05, 4.69) is 14.8 Å². The molecule has 0 amide bonds. The Bertz CT molecular complexity index is 1290. The van der Waals surface area contributed by atoms with Crippen molar-refractivity contribution in [1.82, 2.24) is 14.8 Å². The Morgan fingerprint density at radius 1 is 1.24 bits per heavy atom. The molecule has 1 aromatic carbocycles. The molecule has 3 aromatic rings. The predicted octanol–water partition coefficient (Wildman–Crippen LogP) is 3.58. The number of sulfonamides is 1. The van der Waals surface area contributed by atoms with Crippen LogP contribution in [-0.2, 0) is 23.1 Å². The smallest absolute Gasteiger partial charge is 0.339 e. The summed E-state index contributed by atoms with van der Waals surface area (Å²) in [5.74, 6) is -1.78. The maximum absolute atomic E-state index is 13.6. The quantitative estimate of drug-likeness (QED) is 0.486. The van der Waals surface area contributed by atoms with Crippen LogP contribution < -0.4 is 9.62 Å². The van der Waals surface area contributed by atoms with Crippen LogP contribution in [0, 0.1) is 19.7 Å². The van der Waals surface area contributed by atoms with E-state index in [1.165, 1.54) is 25.3 Å². The van der Waals surface area contributed by atoms with Gasteiger partial charge in [-0.1, -0.05) is 13.0 Å². The van der Waals surface area contributed by atoms with Crippen LogP contribution in [0.5, 0.6) is 0 Å². The SMILES string of the molecule is CCCn1nc(C)cc1CN(C)c1ncc(NS(=O)(=O)c2cc(F)ccc2C)cc1C(=O)O. The Kier molecular flexibility index (Phi) is 7.01.